The number of carbonyl (C=O) groups excluding carboxylic acids is 2. The number of ether oxygens (including phenoxy) is 2. The third-order valence-corrected chi connectivity index (χ3v) is 10.4. The van der Waals surface area contributed by atoms with Crippen molar-refractivity contribution >= 4 is 23.4 Å². The summed E-state index contributed by atoms with van der Waals surface area (Å²) in [6.07, 6.45) is 10.2. The summed E-state index contributed by atoms with van der Waals surface area (Å²) in [6.45, 7) is 3.31. The summed E-state index contributed by atoms with van der Waals surface area (Å²) in [7, 11) is 1.45. The van der Waals surface area contributed by atoms with Gasteiger partial charge in [0, 0.05) is 17.6 Å². The van der Waals surface area contributed by atoms with Gasteiger partial charge in [-0.2, -0.15) is 0 Å². The second-order valence-electron chi connectivity index (χ2n) is 11.8. The molecule has 0 aromatic heterocycles. The molecule has 6 heteroatoms. The molecular weight excluding hydrogens is 428 g/mol. The number of fused-ring (bicyclic) bond motifs is 2. The van der Waals surface area contributed by atoms with Crippen molar-refractivity contribution in [3.63, 3.8) is 0 Å². The lowest BCUT2D eigenvalue weighted by atomic mass is 9.65. The second-order valence-corrected chi connectivity index (χ2v) is 11.8. The summed E-state index contributed by atoms with van der Waals surface area (Å²) in [6, 6.07) is 5.94. The Kier molecular flexibility index (Phi) is 5.16. The van der Waals surface area contributed by atoms with Crippen molar-refractivity contribution in [2.75, 3.05) is 30.9 Å². The topological polar surface area (TPSA) is 81.9 Å². The van der Waals surface area contributed by atoms with Crippen molar-refractivity contribution in [1.82, 2.24) is 0 Å². The zero-order valence-corrected chi connectivity index (χ0v) is 20.6. The minimum atomic E-state index is -0.284. The Morgan fingerprint density at radius 3 is 2.68 bits per heavy atom. The average Bonchev–Trinajstić information content (AvgIpc) is 3.09. The van der Waals surface area contributed by atoms with Gasteiger partial charge in [0.05, 0.1) is 25.3 Å². The lowest BCUT2D eigenvalue weighted by Gasteiger charge is -2.40. The van der Waals surface area contributed by atoms with Crippen LogP contribution in [0, 0.1) is 35.0 Å². The van der Waals surface area contributed by atoms with Gasteiger partial charge in [-0.1, -0.05) is 6.92 Å². The molecule has 1 aromatic carbocycles. The number of benzene rings is 1. The molecule has 4 saturated carbocycles. The molecule has 6 nitrogen and oxygen atoms in total. The molecule has 4 fully saturated rings. The van der Waals surface area contributed by atoms with Gasteiger partial charge in [-0.15, -0.1) is 0 Å². The van der Waals surface area contributed by atoms with E-state index in [1.165, 1.54) is 51.2 Å². The third-order valence-electron chi connectivity index (χ3n) is 10.4. The Morgan fingerprint density at radius 2 is 1.94 bits per heavy atom. The molecule has 2 N–H and O–H groups in total. The first-order valence-electron chi connectivity index (χ1n) is 13.4. The van der Waals surface area contributed by atoms with Crippen molar-refractivity contribution in [3.05, 3.63) is 23.8 Å². The predicted octanol–water partition coefficient (Wildman–Crippen LogP) is 5.29. The van der Waals surface area contributed by atoms with E-state index in [1.807, 2.05) is 12.1 Å². The summed E-state index contributed by atoms with van der Waals surface area (Å²) >= 11 is 0. The second kappa shape index (κ2) is 7.89. The quantitative estimate of drug-likeness (QED) is 0.482. The lowest BCUT2D eigenvalue weighted by Crippen LogP contribution is -2.40. The van der Waals surface area contributed by atoms with Gasteiger partial charge in [0.15, 0.2) is 0 Å². The Balaban J connectivity index is 1.15. The van der Waals surface area contributed by atoms with Gasteiger partial charge in [0.25, 0.3) is 0 Å². The van der Waals surface area contributed by atoms with Crippen molar-refractivity contribution < 1.29 is 19.1 Å². The van der Waals surface area contributed by atoms with Gasteiger partial charge in [-0.05, 0) is 111 Å². The first-order valence-corrected chi connectivity index (χ1v) is 13.4. The SMILES string of the molecule is CCCOC(=O)C1C2CCC3CC(C4CCC5(CC4)CN(C(=O)OC)c4ccc(N)cc45)CC321. The van der Waals surface area contributed by atoms with Crippen LogP contribution in [0.3, 0.4) is 0 Å². The molecule has 0 radical (unpaired) electrons. The Labute approximate surface area is 202 Å². The highest BCUT2D eigenvalue weighted by Crippen LogP contribution is 2.79. The lowest BCUT2D eigenvalue weighted by molar-refractivity contribution is -0.147. The van der Waals surface area contributed by atoms with Gasteiger partial charge in [-0.3, -0.25) is 9.69 Å². The number of anilines is 2. The van der Waals surface area contributed by atoms with E-state index in [-0.39, 0.29) is 28.8 Å². The fraction of sp³-hybridized carbons (Fsp3) is 0.714. The van der Waals surface area contributed by atoms with Crippen LogP contribution in [0.1, 0.15) is 70.3 Å². The predicted molar refractivity (Wildman–Crippen MR) is 130 cm³/mol. The number of methoxy groups -OCH3 is 1. The van der Waals surface area contributed by atoms with E-state index >= 15 is 0 Å². The largest absolute Gasteiger partial charge is 0.465 e. The number of carbonyl (C=O) groups is 2. The van der Waals surface area contributed by atoms with Gasteiger partial charge in [0.1, 0.15) is 0 Å². The molecule has 34 heavy (non-hydrogen) atoms. The number of esters is 1. The monoisotopic (exact) mass is 466 g/mol. The maximum absolute atomic E-state index is 12.7. The molecule has 5 unspecified atom stereocenters. The zero-order valence-electron chi connectivity index (χ0n) is 20.6. The maximum atomic E-state index is 12.7. The normalized spacial score (nSPS) is 39.5. The molecule has 2 spiro atoms. The number of nitrogens with zero attached hydrogens (tertiary/aromatic N) is 1. The van der Waals surface area contributed by atoms with E-state index < -0.39 is 0 Å². The molecule has 6 rings (SSSR count). The van der Waals surface area contributed by atoms with E-state index in [4.69, 9.17) is 15.2 Å². The summed E-state index contributed by atoms with van der Waals surface area (Å²) in [5.74, 6) is 3.02. The molecule has 184 valence electrons. The summed E-state index contributed by atoms with van der Waals surface area (Å²) in [5, 5.41) is 0. The minimum absolute atomic E-state index is 0.0171. The molecular formula is C28H38N2O4. The van der Waals surface area contributed by atoms with Crippen molar-refractivity contribution in [2.24, 2.45) is 35.0 Å². The standard InChI is InChI=1S/C28H38N2O4/c1-3-12-34-25(31)24-21-6-4-19-13-18(15-28(19,21)24)17-8-10-27(11-9-17)16-30(26(32)33-2)23-7-5-20(29)14-22(23)27/h5,7,14,17-19,21,24H,3-4,6,8-13,15-16,29H2,1-2H3. The minimum Gasteiger partial charge on any atom is -0.465 e. The van der Waals surface area contributed by atoms with Crippen molar-refractivity contribution in [3.8, 4) is 0 Å². The smallest absolute Gasteiger partial charge is 0.414 e. The molecule has 1 aromatic rings. The average molecular weight is 467 g/mol. The Hall–Kier alpha value is -2.24. The molecule has 4 aliphatic carbocycles. The molecule has 0 saturated heterocycles. The third kappa shape index (κ3) is 3.06. The Morgan fingerprint density at radius 1 is 1.15 bits per heavy atom. The van der Waals surface area contributed by atoms with E-state index in [2.05, 4.69) is 13.0 Å². The number of hydrogen-bond donors (Lipinski definition) is 1. The van der Waals surface area contributed by atoms with Crippen LogP contribution in [-0.4, -0.2) is 32.3 Å². The molecule has 1 aliphatic heterocycles. The van der Waals surface area contributed by atoms with Crippen LogP contribution in [0.15, 0.2) is 18.2 Å². The fourth-order valence-electron chi connectivity index (χ4n) is 8.95. The highest BCUT2D eigenvalue weighted by molar-refractivity contribution is 5.92. The van der Waals surface area contributed by atoms with Crippen molar-refractivity contribution in [1.29, 1.82) is 0 Å². The number of amides is 1. The molecule has 1 amide bonds. The van der Waals surface area contributed by atoms with Crippen LogP contribution in [-0.2, 0) is 19.7 Å². The van der Waals surface area contributed by atoms with Crippen molar-refractivity contribution in [2.45, 2.75) is 70.1 Å². The van der Waals surface area contributed by atoms with E-state index in [9.17, 15) is 9.59 Å². The zero-order chi connectivity index (χ0) is 23.7. The van der Waals surface area contributed by atoms with Gasteiger partial charge in [0.2, 0.25) is 0 Å². The number of rotatable bonds is 4. The number of nitrogen functional groups attached to an aromatic ring is 1. The van der Waals surface area contributed by atoms with Gasteiger partial charge < -0.3 is 15.2 Å². The summed E-state index contributed by atoms with van der Waals surface area (Å²) in [5.41, 5.74) is 9.36. The first kappa shape index (κ1) is 22.2. The van der Waals surface area contributed by atoms with Crippen LogP contribution in [0.5, 0.6) is 0 Å². The van der Waals surface area contributed by atoms with Crippen LogP contribution >= 0.6 is 0 Å². The van der Waals surface area contributed by atoms with Crippen LogP contribution in [0.4, 0.5) is 16.2 Å². The highest BCUT2D eigenvalue weighted by atomic mass is 16.5. The number of hydrogen-bond acceptors (Lipinski definition) is 5. The molecule has 1 heterocycles. The Bertz CT molecular complexity index is 1000. The molecule has 0 bridgehead atoms. The van der Waals surface area contributed by atoms with Crippen LogP contribution in [0.25, 0.3) is 0 Å². The maximum Gasteiger partial charge on any atom is 0.414 e. The van der Waals surface area contributed by atoms with E-state index in [0.29, 0.717) is 19.1 Å². The first-order chi connectivity index (χ1) is 16.4. The highest BCUT2D eigenvalue weighted by Gasteiger charge is 2.76. The van der Waals surface area contributed by atoms with Crippen LogP contribution < -0.4 is 10.6 Å². The molecule has 5 atom stereocenters. The summed E-state index contributed by atoms with van der Waals surface area (Å²) < 4.78 is 10.7. The van der Waals surface area contributed by atoms with Gasteiger partial charge in [-0.25, -0.2) is 4.79 Å². The van der Waals surface area contributed by atoms with Gasteiger partial charge >= 0.3 is 12.1 Å². The van der Waals surface area contributed by atoms with Crippen LogP contribution in [0.2, 0.25) is 0 Å². The number of nitrogens with two attached hydrogens (primary N) is 1. The van der Waals surface area contributed by atoms with E-state index in [1.54, 1.807) is 4.90 Å². The van der Waals surface area contributed by atoms with E-state index in [0.717, 1.165) is 48.4 Å². The fourth-order valence-corrected chi connectivity index (χ4v) is 8.95. The molecule has 5 aliphatic rings. The summed E-state index contributed by atoms with van der Waals surface area (Å²) in [4.78, 5) is 27.0.